The van der Waals surface area contributed by atoms with Gasteiger partial charge in [0, 0.05) is 12.5 Å². The Morgan fingerprint density at radius 2 is 2.06 bits per heavy atom. The number of likely N-dealkylation sites (tertiary alicyclic amines) is 1. The molecule has 162 valence electrons. The second-order valence-corrected chi connectivity index (χ2v) is 9.35. The fourth-order valence-corrected chi connectivity index (χ4v) is 5.46. The van der Waals surface area contributed by atoms with Gasteiger partial charge >= 0.3 is 0 Å². The second-order valence-electron chi connectivity index (χ2n) is 8.29. The number of aromatic nitrogens is 1. The van der Waals surface area contributed by atoms with E-state index in [-0.39, 0.29) is 11.9 Å². The Morgan fingerprint density at radius 1 is 1.23 bits per heavy atom. The maximum absolute atomic E-state index is 12.7. The average molecular weight is 438 g/mol. The SMILES string of the molecule is C[C@H](NC(=O)CN1CCC[C@@H](c2nc3ccccc3s2)C1)c1ccc2c(c1)OCCO2. The Hall–Kier alpha value is -2.64. The van der Waals surface area contributed by atoms with Crippen molar-refractivity contribution < 1.29 is 14.3 Å². The summed E-state index contributed by atoms with van der Waals surface area (Å²) in [4.78, 5) is 19.8. The van der Waals surface area contributed by atoms with Crippen LogP contribution in [-0.2, 0) is 4.79 Å². The van der Waals surface area contributed by atoms with Crippen LogP contribution in [-0.4, -0.2) is 48.6 Å². The van der Waals surface area contributed by atoms with Gasteiger partial charge in [0.05, 0.1) is 27.8 Å². The summed E-state index contributed by atoms with van der Waals surface area (Å²) in [5, 5.41) is 4.33. The van der Waals surface area contributed by atoms with Gasteiger partial charge in [-0.1, -0.05) is 18.2 Å². The molecule has 2 atom stereocenters. The molecular weight excluding hydrogens is 410 g/mol. The van der Waals surface area contributed by atoms with Crippen LogP contribution in [0, 0.1) is 0 Å². The first-order valence-corrected chi connectivity index (χ1v) is 11.7. The quantitative estimate of drug-likeness (QED) is 0.650. The van der Waals surface area contributed by atoms with Gasteiger partial charge in [-0.15, -0.1) is 11.3 Å². The smallest absolute Gasteiger partial charge is 0.234 e. The van der Waals surface area contributed by atoms with E-state index in [2.05, 4.69) is 28.4 Å². The lowest BCUT2D eigenvalue weighted by Crippen LogP contribution is -2.42. The van der Waals surface area contributed by atoms with Crippen molar-refractivity contribution in [3.63, 3.8) is 0 Å². The number of fused-ring (bicyclic) bond motifs is 2. The number of hydrogen-bond donors (Lipinski definition) is 1. The lowest BCUT2D eigenvalue weighted by molar-refractivity contribution is -0.123. The van der Waals surface area contributed by atoms with Crippen molar-refractivity contribution in [2.75, 3.05) is 32.8 Å². The molecule has 0 aliphatic carbocycles. The summed E-state index contributed by atoms with van der Waals surface area (Å²) >= 11 is 1.78. The highest BCUT2D eigenvalue weighted by molar-refractivity contribution is 7.18. The normalized spacial score (nSPS) is 19.8. The van der Waals surface area contributed by atoms with Crippen molar-refractivity contribution in [3.05, 3.63) is 53.0 Å². The van der Waals surface area contributed by atoms with Crippen LogP contribution in [0.15, 0.2) is 42.5 Å². The van der Waals surface area contributed by atoms with Crippen molar-refractivity contribution >= 4 is 27.5 Å². The number of hydrogen-bond acceptors (Lipinski definition) is 6. The predicted octanol–water partition coefficient (Wildman–Crippen LogP) is 4.12. The standard InChI is InChI=1S/C24H27N3O3S/c1-16(17-8-9-20-21(13-17)30-12-11-29-20)25-23(28)15-27-10-4-5-18(14-27)24-26-19-6-2-3-7-22(19)31-24/h2-3,6-9,13,16,18H,4-5,10-12,14-15H2,1H3,(H,25,28)/t16-,18+/m0/s1. The lowest BCUT2D eigenvalue weighted by atomic mass is 9.98. The van der Waals surface area contributed by atoms with E-state index < -0.39 is 0 Å². The molecule has 0 radical (unpaired) electrons. The highest BCUT2D eigenvalue weighted by Gasteiger charge is 2.26. The minimum absolute atomic E-state index is 0.0485. The van der Waals surface area contributed by atoms with Crippen molar-refractivity contribution in [1.29, 1.82) is 0 Å². The number of carbonyl (C=O) groups is 1. The minimum atomic E-state index is -0.0897. The van der Waals surface area contributed by atoms with Crippen molar-refractivity contribution in [3.8, 4) is 11.5 Å². The third-order valence-electron chi connectivity index (χ3n) is 5.98. The second kappa shape index (κ2) is 8.85. The Morgan fingerprint density at radius 3 is 2.94 bits per heavy atom. The van der Waals surface area contributed by atoms with Crippen LogP contribution >= 0.6 is 11.3 Å². The number of carbonyl (C=O) groups excluding carboxylic acids is 1. The van der Waals surface area contributed by atoms with Gasteiger partial charge in [0.25, 0.3) is 0 Å². The van der Waals surface area contributed by atoms with E-state index in [9.17, 15) is 4.79 Å². The first-order valence-electron chi connectivity index (χ1n) is 10.9. The van der Waals surface area contributed by atoms with E-state index in [1.54, 1.807) is 11.3 Å². The van der Waals surface area contributed by atoms with Gasteiger partial charge in [-0.05, 0) is 56.1 Å². The number of para-hydroxylation sites is 1. The van der Waals surface area contributed by atoms with Crippen LogP contribution in [0.4, 0.5) is 0 Å². The van der Waals surface area contributed by atoms with E-state index in [1.807, 2.05) is 31.2 Å². The Bertz CT molecular complexity index is 1050. The summed E-state index contributed by atoms with van der Waals surface area (Å²) in [6.45, 7) is 5.38. The molecule has 2 aromatic carbocycles. The molecule has 0 spiro atoms. The molecule has 1 fully saturated rings. The summed E-state index contributed by atoms with van der Waals surface area (Å²) in [6, 6.07) is 14.1. The molecule has 6 nitrogen and oxygen atoms in total. The molecule has 5 rings (SSSR count). The molecular formula is C24H27N3O3S. The van der Waals surface area contributed by atoms with Gasteiger partial charge in [-0.3, -0.25) is 9.69 Å². The van der Waals surface area contributed by atoms with Crippen LogP contribution in [0.3, 0.4) is 0 Å². The van der Waals surface area contributed by atoms with Crippen molar-refractivity contribution in [2.45, 2.75) is 31.7 Å². The van der Waals surface area contributed by atoms with Gasteiger partial charge in [0.15, 0.2) is 11.5 Å². The molecule has 7 heteroatoms. The average Bonchev–Trinajstić information content (AvgIpc) is 3.23. The zero-order valence-electron chi connectivity index (χ0n) is 17.7. The zero-order valence-corrected chi connectivity index (χ0v) is 18.5. The van der Waals surface area contributed by atoms with E-state index >= 15 is 0 Å². The summed E-state index contributed by atoms with van der Waals surface area (Å²) < 4.78 is 12.5. The Balaban J connectivity index is 1.19. The maximum Gasteiger partial charge on any atom is 0.234 e. The van der Waals surface area contributed by atoms with Crippen LogP contribution < -0.4 is 14.8 Å². The summed E-state index contributed by atoms with van der Waals surface area (Å²) in [7, 11) is 0. The summed E-state index contributed by atoms with van der Waals surface area (Å²) in [5.74, 6) is 1.96. The molecule has 0 unspecified atom stereocenters. The molecule has 3 aromatic rings. The van der Waals surface area contributed by atoms with Gasteiger partial charge in [-0.2, -0.15) is 0 Å². The number of piperidine rings is 1. The molecule has 3 heterocycles. The van der Waals surface area contributed by atoms with E-state index in [0.717, 1.165) is 48.5 Å². The van der Waals surface area contributed by atoms with Gasteiger partial charge in [0.2, 0.25) is 5.91 Å². The first-order chi connectivity index (χ1) is 15.2. The van der Waals surface area contributed by atoms with Crippen LogP contribution in [0.1, 0.15) is 42.3 Å². The molecule has 31 heavy (non-hydrogen) atoms. The number of nitrogens with zero attached hydrogens (tertiary/aromatic N) is 2. The largest absolute Gasteiger partial charge is 0.486 e. The van der Waals surface area contributed by atoms with Crippen LogP contribution in [0.2, 0.25) is 0 Å². The zero-order chi connectivity index (χ0) is 21.2. The molecule has 1 amide bonds. The highest BCUT2D eigenvalue weighted by Crippen LogP contribution is 2.34. The van der Waals surface area contributed by atoms with Gasteiger partial charge in [-0.25, -0.2) is 4.98 Å². The van der Waals surface area contributed by atoms with Gasteiger partial charge in [0.1, 0.15) is 13.2 Å². The van der Waals surface area contributed by atoms with Crippen molar-refractivity contribution in [2.24, 2.45) is 0 Å². The first kappa shape index (κ1) is 20.3. The fourth-order valence-electron chi connectivity index (χ4n) is 4.37. The Kier molecular flexibility index (Phi) is 5.78. The van der Waals surface area contributed by atoms with Crippen LogP contribution in [0.5, 0.6) is 11.5 Å². The third-order valence-corrected chi connectivity index (χ3v) is 7.18. The molecule has 2 aliphatic rings. The maximum atomic E-state index is 12.7. The number of ether oxygens (including phenoxy) is 2. The molecule has 1 N–H and O–H groups in total. The van der Waals surface area contributed by atoms with Gasteiger partial charge < -0.3 is 14.8 Å². The van der Waals surface area contributed by atoms with E-state index in [4.69, 9.17) is 14.5 Å². The summed E-state index contributed by atoms with van der Waals surface area (Å²) in [6.07, 6.45) is 2.22. The fraction of sp³-hybridized carbons (Fsp3) is 0.417. The monoisotopic (exact) mass is 437 g/mol. The molecule has 0 bridgehead atoms. The number of rotatable bonds is 5. The minimum Gasteiger partial charge on any atom is -0.486 e. The third kappa shape index (κ3) is 4.52. The molecule has 2 aliphatic heterocycles. The number of benzene rings is 2. The Labute approximate surface area is 186 Å². The van der Waals surface area contributed by atoms with Crippen LogP contribution in [0.25, 0.3) is 10.2 Å². The highest BCUT2D eigenvalue weighted by atomic mass is 32.1. The van der Waals surface area contributed by atoms with E-state index in [1.165, 1.54) is 9.71 Å². The molecule has 1 aromatic heterocycles. The van der Waals surface area contributed by atoms with Crippen molar-refractivity contribution in [1.82, 2.24) is 15.2 Å². The van der Waals surface area contributed by atoms with E-state index in [0.29, 0.717) is 25.7 Å². The molecule has 0 saturated carbocycles. The predicted molar refractivity (Wildman–Crippen MR) is 122 cm³/mol. The topological polar surface area (TPSA) is 63.7 Å². The number of amides is 1. The number of thiazole rings is 1. The molecule has 1 saturated heterocycles. The lowest BCUT2D eigenvalue weighted by Gasteiger charge is -2.31. The number of nitrogens with one attached hydrogen (secondary N) is 1. The summed E-state index contributed by atoms with van der Waals surface area (Å²) in [5.41, 5.74) is 2.09.